The van der Waals surface area contributed by atoms with Crippen LogP contribution in [-0.2, 0) is 20.8 Å². The Kier molecular flexibility index (Phi) is 6.39. The number of amides is 1. The van der Waals surface area contributed by atoms with Crippen molar-refractivity contribution in [3.05, 3.63) is 35.9 Å². The number of hydrogen-bond donors (Lipinski definition) is 1. The minimum atomic E-state index is -0.395. The van der Waals surface area contributed by atoms with E-state index in [1.54, 1.807) is 0 Å². The number of carbonyl (C=O) groups is 2. The van der Waals surface area contributed by atoms with Crippen LogP contribution in [0.3, 0.4) is 0 Å². The first kappa shape index (κ1) is 18.6. The van der Waals surface area contributed by atoms with Gasteiger partial charge < -0.3 is 10.2 Å². The van der Waals surface area contributed by atoms with Gasteiger partial charge in [0.25, 0.3) is 0 Å². The van der Waals surface area contributed by atoms with E-state index in [1.807, 2.05) is 30.3 Å². The topological polar surface area (TPSA) is 71.0 Å². The zero-order chi connectivity index (χ0) is 18.4. The Labute approximate surface area is 154 Å². The Balaban J connectivity index is 1.63. The van der Waals surface area contributed by atoms with Crippen molar-refractivity contribution in [3.63, 3.8) is 0 Å². The fraction of sp³-hybridized carbons (Fsp3) is 0.550. The van der Waals surface area contributed by atoms with Crippen LogP contribution in [0.15, 0.2) is 35.5 Å². The first-order chi connectivity index (χ1) is 12.6. The Morgan fingerprint density at radius 3 is 2.65 bits per heavy atom. The van der Waals surface area contributed by atoms with Gasteiger partial charge in [0, 0.05) is 25.4 Å². The summed E-state index contributed by atoms with van der Waals surface area (Å²) in [6, 6.07) is 10.1. The summed E-state index contributed by atoms with van der Waals surface area (Å²) in [4.78, 5) is 30.8. The summed E-state index contributed by atoms with van der Waals surface area (Å²) >= 11 is 0. The highest BCUT2D eigenvalue weighted by Crippen LogP contribution is 2.25. The van der Waals surface area contributed by atoms with Crippen LogP contribution in [-0.4, -0.2) is 47.7 Å². The summed E-state index contributed by atoms with van der Waals surface area (Å²) in [5.74, 6) is -0.334. The van der Waals surface area contributed by atoms with Crippen molar-refractivity contribution in [2.24, 2.45) is 5.16 Å². The van der Waals surface area contributed by atoms with Gasteiger partial charge in [-0.25, -0.2) is 4.79 Å². The van der Waals surface area contributed by atoms with Crippen LogP contribution in [0.1, 0.15) is 44.6 Å². The molecule has 1 N–H and O–H groups in total. The maximum atomic E-state index is 12.5. The minimum Gasteiger partial charge on any atom is -0.351 e. The van der Waals surface area contributed by atoms with E-state index in [2.05, 4.69) is 15.4 Å². The number of likely N-dealkylation sites (tertiary alicyclic amines) is 1. The SMILES string of the molecule is CC(=O)ON=C1CCC(NC(=O)Cc2ccccc2)C(N2CCCC2)C1. The highest BCUT2D eigenvalue weighted by Gasteiger charge is 2.35. The molecule has 1 aliphatic carbocycles. The molecule has 6 nitrogen and oxygen atoms in total. The Morgan fingerprint density at radius 2 is 1.96 bits per heavy atom. The molecule has 2 unspecified atom stereocenters. The monoisotopic (exact) mass is 357 g/mol. The van der Waals surface area contributed by atoms with Gasteiger partial charge >= 0.3 is 5.97 Å². The third-order valence-electron chi connectivity index (χ3n) is 5.12. The van der Waals surface area contributed by atoms with Crippen LogP contribution in [0.5, 0.6) is 0 Å². The summed E-state index contributed by atoms with van der Waals surface area (Å²) in [6.45, 7) is 3.46. The van der Waals surface area contributed by atoms with Crippen LogP contribution in [0.4, 0.5) is 0 Å². The Bertz CT molecular complexity index is 654. The van der Waals surface area contributed by atoms with E-state index in [4.69, 9.17) is 4.84 Å². The molecular weight excluding hydrogens is 330 g/mol. The van der Waals surface area contributed by atoms with Crippen LogP contribution < -0.4 is 5.32 Å². The summed E-state index contributed by atoms with van der Waals surface area (Å²) in [5.41, 5.74) is 1.93. The van der Waals surface area contributed by atoms with Crippen molar-refractivity contribution in [2.75, 3.05) is 13.1 Å². The lowest BCUT2D eigenvalue weighted by Gasteiger charge is -2.38. The Hall–Kier alpha value is -2.21. The van der Waals surface area contributed by atoms with E-state index in [1.165, 1.54) is 19.8 Å². The van der Waals surface area contributed by atoms with Gasteiger partial charge in [-0.2, -0.15) is 0 Å². The molecule has 1 aromatic rings. The van der Waals surface area contributed by atoms with E-state index >= 15 is 0 Å². The number of hydrogen-bond acceptors (Lipinski definition) is 5. The lowest BCUT2D eigenvalue weighted by atomic mass is 9.87. The predicted molar refractivity (Wildman–Crippen MR) is 99.7 cm³/mol. The lowest BCUT2D eigenvalue weighted by Crippen LogP contribution is -2.54. The van der Waals surface area contributed by atoms with Gasteiger partial charge in [-0.05, 0) is 44.3 Å². The molecule has 2 aliphatic rings. The molecule has 1 heterocycles. The number of carbonyl (C=O) groups excluding carboxylic acids is 2. The number of oxime groups is 1. The molecular formula is C20H27N3O3. The van der Waals surface area contributed by atoms with Gasteiger partial charge in [0.05, 0.1) is 12.1 Å². The maximum Gasteiger partial charge on any atom is 0.331 e. The van der Waals surface area contributed by atoms with Gasteiger partial charge in [0.15, 0.2) is 0 Å². The molecule has 1 saturated heterocycles. The average molecular weight is 357 g/mol. The molecule has 0 bridgehead atoms. The molecule has 0 radical (unpaired) electrons. The third kappa shape index (κ3) is 5.14. The van der Waals surface area contributed by atoms with Crippen LogP contribution in [0, 0.1) is 0 Å². The molecule has 2 fully saturated rings. The quantitative estimate of drug-likeness (QED) is 0.648. The van der Waals surface area contributed by atoms with Gasteiger partial charge in [0.1, 0.15) is 0 Å². The minimum absolute atomic E-state index is 0.0609. The number of benzene rings is 1. The zero-order valence-electron chi connectivity index (χ0n) is 15.3. The van der Waals surface area contributed by atoms with Crippen molar-refractivity contribution in [3.8, 4) is 0 Å². The smallest absolute Gasteiger partial charge is 0.331 e. The fourth-order valence-corrected chi connectivity index (χ4v) is 3.88. The molecule has 140 valence electrons. The second-order valence-electron chi connectivity index (χ2n) is 7.13. The molecule has 1 amide bonds. The second-order valence-corrected chi connectivity index (χ2v) is 7.13. The highest BCUT2D eigenvalue weighted by molar-refractivity contribution is 5.87. The zero-order valence-corrected chi connectivity index (χ0v) is 15.3. The second kappa shape index (κ2) is 8.94. The van der Waals surface area contributed by atoms with E-state index in [0.29, 0.717) is 6.42 Å². The predicted octanol–water partition coefficient (Wildman–Crippen LogP) is 2.28. The molecule has 1 aromatic carbocycles. The van der Waals surface area contributed by atoms with Gasteiger partial charge in [-0.15, -0.1) is 0 Å². The van der Waals surface area contributed by atoms with E-state index < -0.39 is 5.97 Å². The summed E-state index contributed by atoms with van der Waals surface area (Å²) in [5, 5.41) is 7.25. The number of nitrogens with one attached hydrogen (secondary N) is 1. The fourth-order valence-electron chi connectivity index (χ4n) is 3.88. The maximum absolute atomic E-state index is 12.5. The molecule has 0 aromatic heterocycles. The van der Waals surface area contributed by atoms with Crippen LogP contribution in [0.25, 0.3) is 0 Å². The van der Waals surface area contributed by atoms with E-state index in [9.17, 15) is 9.59 Å². The van der Waals surface area contributed by atoms with Crippen molar-refractivity contribution < 1.29 is 14.4 Å². The van der Waals surface area contributed by atoms with Crippen LogP contribution in [0.2, 0.25) is 0 Å². The molecule has 26 heavy (non-hydrogen) atoms. The van der Waals surface area contributed by atoms with Crippen molar-refractivity contribution >= 4 is 17.6 Å². The van der Waals surface area contributed by atoms with Crippen molar-refractivity contribution in [1.82, 2.24) is 10.2 Å². The molecule has 2 atom stereocenters. The van der Waals surface area contributed by atoms with Crippen LogP contribution >= 0.6 is 0 Å². The Morgan fingerprint density at radius 1 is 1.23 bits per heavy atom. The molecule has 3 rings (SSSR count). The van der Waals surface area contributed by atoms with E-state index in [0.717, 1.165) is 43.6 Å². The van der Waals surface area contributed by atoms with Crippen molar-refractivity contribution in [2.45, 2.75) is 57.5 Å². The summed E-state index contributed by atoms with van der Waals surface area (Å²) in [6.07, 6.45) is 5.09. The van der Waals surface area contributed by atoms with Crippen molar-refractivity contribution in [1.29, 1.82) is 0 Å². The number of nitrogens with zero attached hydrogens (tertiary/aromatic N) is 2. The normalized spacial score (nSPS) is 25.2. The lowest BCUT2D eigenvalue weighted by molar-refractivity contribution is -0.141. The average Bonchev–Trinajstić information content (AvgIpc) is 3.16. The number of rotatable bonds is 5. The molecule has 6 heteroatoms. The standard InChI is InChI=1S/C20H27N3O3/c1-15(24)26-22-17-9-10-18(19(14-17)23-11-5-6-12-23)21-20(25)13-16-7-3-2-4-8-16/h2-4,7-8,18-19H,5-6,9-14H2,1H3,(H,21,25). The van der Waals surface area contributed by atoms with Gasteiger partial charge in [-0.1, -0.05) is 35.5 Å². The summed E-state index contributed by atoms with van der Waals surface area (Å²) in [7, 11) is 0. The largest absolute Gasteiger partial charge is 0.351 e. The van der Waals surface area contributed by atoms with Gasteiger partial charge in [-0.3, -0.25) is 9.69 Å². The third-order valence-corrected chi connectivity index (χ3v) is 5.12. The summed E-state index contributed by atoms with van der Waals surface area (Å²) < 4.78 is 0. The van der Waals surface area contributed by atoms with Gasteiger partial charge in [0.2, 0.25) is 5.91 Å². The first-order valence-corrected chi connectivity index (χ1v) is 9.42. The molecule has 1 saturated carbocycles. The first-order valence-electron chi connectivity index (χ1n) is 9.42. The highest BCUT2D eigenvalue weighted by atomic mass is 16.7. The molecule has 1 aliphatic heterocycles. The van der Waals surface area contributed by atoms with E-state index in [-0.39, 0.29) is 18.0 Å². The molecule has 0 spiro atoms.